The zero-order valence-electron chi connectivity index (χ0n) is 15.2. The van der Waals surface area contributed by atoms with Crippen molar-refractivity contribution >= 4 is 21.0 Å². The molecule has 28 heavy (non-hydrogen) atoms. The molecule has 0 N–H and O–H groups in total. The third-order valence-corrected chi connectivity index (χ3v) is 5.30. The molecule has 0 saturated carbocycles. The highest BCUT2D eigenvalue weighted by Gasteiger charge is 2.48. The topological polar surface area (TPSA) is 65.4 Å². The number of aryl methyl sites for hydroxylation is 3. The van der Waals surface area contributed by atoms with Crippen LogP contribution in [0, 0.1) is 13.8 Å². The lowest BCUT2D eigenvalue weighted by atomic mass is 10.0. The first kappa shape index (κ1) is 19.9. The van der Waals surface area contributed by atoms with Crippen LogP contribution in [-0.2, 0) is 17.2 Å². The summed E-state index contributed by atoms with van der Waals surface area (Å²) in [4.78, 5) is 13.1. The molecule has 0 aliphatic heterocycles. The number of halogens is 3. The summed E-state index contributed by atoms with van der Waals surface area (Å²) in [7, 11) is -4.30. The highest BCUT2D eigenvalue weighted by atomic mass is 32.2. The van der Waals surface area contributed by atoms with Gasteiger partial charge in [-0.15, -0.1) is 0 Å². The number of hydrogen-bond donors (Lipinski definition) is 0. The first-order valence-electron chi connectivity index (χ1n) is 8.13. The Morgan fingerprint density at radius 1 is 1.00 bits per heavy atom. The number of rotatable bonds is 3. The van der Waals surface area contributed by atoms with Crippen LogP contribution in [0.25, 0.3) is 22.0 Å². The maximum Gasteiger partial charge on any atom is 0.534 e. The second kappa shape index (κ2) is 6.66. The van der Waals surface area contributed by atoms with Crippen molar-refractivity contribution in [3.63, 3.8) is 0 Å². The van der Waals surface area contributed by atoms with Gasteiger partial charge in [0.15, 0.2) is 5.75 Å². The van der Waals surface area contributed by atoms with Gasteiger partial charge < -0.3 is 8.75 Å². The number of pyridine rings is 1. The zero-order valence-corrected chi connectivity index (χ0v) is 16.0. The lowest BCUT2D eigenvalue weighted by Crippen LogP contribution is -2.28. The molecule has 5 nitrogen and oxygen atoms in total. The third kappa shape index (κ3) is 3.37. The predicted octanol–water partition coefficient (Wildman–Crippen LogP) is 4.05. The summed E-state index contributed by atoms with van der Waals surface area (Å²) in [6.07, 6.45) is 1.56. The van der Waals surface area contributed by atoms with Gasteiger partial charge in [0.1, 0.15) is 0 Å². The van der Waals surface area contributed by atoms with Gasteiger partial charge in [0.25, 0.3) is 0 Å². The van der Waals surface area contributed by atoms with E-state index < -0.39 is 26.8 Å². The molecule has 1 heterocycles. The first-order valence-corrected chi connectivity index (χ1v) is 9.54. The maximum absolute atomic E-state index is 13.1. The van der Waals surface area contributed by atoms with Crippen molar-refractivity contribution in [1.29, 1.82) is 0 Å². The fraction of sp³-hybridized carbons (Fsp3) is 0.211. The number of benzene rings is 2. The van der Waals surface area contributed by atoms with Crippen molar-refractivity contribution in [2.75, 3.05) is 0 Å². The number of alkyl halides is 3. The zero-order chi connectivity index (χ0) is 20.9. The molecule has 0 unspecified atom stereocenters. The van der Waals surface area contributed by atoms with E-state index in [-0.39, 0.29) is 16.5 Å². The van der Waals surface area contributed by atoms with Gasteiger partial charge in [-0.05, 0) is 31.0 Å². The minimum absolute atomic E-state index is 0.217. The number of aromatic nitrogens is 1. The number of nitrogens with zero attached hydrogens (tertiary/aromatic N) is 1. The molecule has 0 aliphatic carbocycles. The van der Waals surface area contributed by atoms with Crippen LogP contribution in [0.15, 0.2) is 47.4 Å². The Labute approximate surface area is 159 Å². The summed E-state index contributed by atoms with van der Waals surface area (Å²) in [5.74, 6) is -0.660. The maximum atomic E-state index is 13.1. The highest BCUT2D eigenvalue weighted by molar-refractivity contribution is 7.88. The van der Waals surface area contributed by atoms with E-state index in [0.717, 1.165) is 11.6 Å². The normalized spacial score (nSPS) is 12.4. The van der Waals surface area contributed by atoms with Crippen LogP contribution in [0.4, 0.5) is 13.2 Å². The Morgan fingerprint density at radius 3 is 2.18 bits per heavy atom. The molecule has 9 heteroatoms. The van der Waals surface area contributed by atoms with Crippen molar-refractivity contribution in [3.8, 4) is 16.9 Å². The van der Waals surface area contributed by atoms with E-state index in [0.29, 0.717) is 11.1 Å². The molecular weight excluding hydrogens is 395 g/mol. The smallest absolute Gasteiger partial charge is 0.375 e. The highest BCUT2D eigenvalue weighted by Crippen LogP contribution is 2.32. The van der Waals surface area contributed by atoms with Crippen molar-refractivity contribution in [1.82, 2.24) is 4.57 Å². The van der Waals surface area contributed by atoms with Crippen LogP contribution in [-0.4, -0.2) is 18.5 Å². The Morgan fingerprint density at radius 2 is 1.61 bits per heavy atom. The molecule has 2 aromatic carbocycles. The SMILES string of the molecule is Cc1ccc(-c2cn(C)c3c(C)ccc(OS(=O)(=O)C(F)(F)F)c3c2=O)cc1. The van der Waals surface area contributed by atoms with Crippen LogP contribution < -0.4 is 9.61 Å². The molecule has 3 rings (SSSR count). The minimum atomic E-state index is -5.92. The van der Waals surface area contributed by atoms with Gasteiger partial charge in [-0.25, -0.2) is 0 Å². The van der Waals surface area contributed by atoms with E-state index in [1.165, 1.54) is 6.07 Å². The van der Waals surface area contributed by atoms with Gasteiger partial charge in [0.2, 0.25) is 5.43 Å². The van der Waals surface area contributed by atoms with Crippen molar-refractivity contribution in [2.45, 2.75) is 19.4 Å². The standard InChI is InChI=1S/C19H16F3NO4S/c1-11-4-7-13(8-5-11)14-10-23(3)17-12(2)6-9-15(16(17)18(14)24)27-28(25,26)19(20,21)22/h4-10H,1-3H3. The molecule has 0 spiro atoms. The Kier molecular flexibility index (Phi) is 4.74. The van der Waals surface area contributed by atoms with Gasteiger partial charge in [-0.2, -0.15) is 21.6 Å². The minimum Gasteiger partial charge on any atom is -0.375 e. The Hall–Kier alpha value is -2.81. The summed E-state index contributed by atoms with van der Waals surface area (Å²) in [5, 5.41) is -0.228. The number of hydrogen-bond acceptors (Lipinski definition) is 4. The van der Waals surface area contributed by atoms with E-state index in [1.807, 2.05) is 6.92 Å². The van der Waals surface area contributed by atoms with Gasteiger partial charge >= 0.3 is 15.6 Å². The van der Waals surface area contributed by atoms with Crippen LogP contribution in [0.3, 0.4) is 0 Å². The van der Waals surface area contributed by atoms with Crippen molar-refractivity contribution in [2.24, 2.45) is 7.05 Å². The molecule has 0 aliphatic rings. The van der Waals surface area contributed by atoms with Crippen LogP contribution in [0.5, 0.6) is 5.75 Å². The number of fused-ring (bicyclic) bond motifs is 1. The molecule has 0 atom stereocenters. The summed E-state index contributed by atoms with van der Waals surface area (Å²) >= 11 is 0. The lowest BCUT2D eigenvalue weighted by molar-refractivity contribution is -0.0499. The van der Waals surface area contributed by atoms with Gasteiger partial charge in [-0.1, -0.05) is 35.9 Å². The molecule has 3 aromatic rings. The molecular formula is C19H16F3NO4S. The Balaban J connectivity index is 2.34. The first-order chi connectivity index (χ1) is 12.9. The predicted molar refractivity (Wildman–Crippen MR) is 99.7 cm³/mol. The fourth-order valence-electron chi connectivity index (χ4n) is 2.98. The van der Waals surface area contributed by atoms with E-state index in [2.05, 4.69) is 4.18 Å². The average Bonchev–Trinajstić information content (AvgIpc) is 2.59. The average molecular weight is 411 g/mol. The van der Waals surface area contributed by atoms with Gasteiger partial charge in [0.05, 0.1) is 10.9 Å². The molecule has 0 bridgehead atoms. The van der Waals surface area contributed by atoms with Crippen LogP contribution in [0.2, 0.25) is 0 Å². The fourth-order valence-corrected chi connectivity index (χ4v) is 3.45. The lowest BCUT2D eigenvalue weighted by Gasteiger charge is -2.16. The van der Waals surface area contributed by atoms with E-state index >= 15 is 0 Å². The molecule has 0 radical (unpaired) electrons. The summed E-state index contributed by atoms with van der Waals surface area (Å²) in [6.45, 7) is 3.54. The molecule has 0 amide bonds. The van der Waals surface area contributed by atoms with Crippen LogP contribution in [0.1, 0.15) is 11.1 Å². The largest absolute Gasteiger partial charge is 0.534 e. The third-order valence-electron chi connectivity index (χ3n) is 4.33. The van der Waals surface area contributed by atoms with Crippen molar-refractivity contribution in [3.05, 3.63) is 63.9 Å². The van der Waals surface area contributed by atoms with E-state index in [4.69, 9.17) is 0 Å². The quantitative estimate of drug-likeness (QED) is 0.482. The summed E-state index contributed by atoms with van der Waals surface area (Å²) in [6, 6.07) is 9.46. The van der Waals surface area contributed by atoms with E-state index in [1.54, 1.807) is 49.0 Å². The molecule has 0 fully saturated rings. The van der Waals surface area contributed by atoms with Crippen molar-refractivity contribution < 1.29 is 25.8 Å². The molecule has 1 aromatic heterocycles. The van der Waals surface area contributed by atoms with Crippen LogP contribution >= 0.6 is 0 Å². The second-order valence-corrected chi connectivity index (χ2v) is 7.97. The molecule has 148 valence electrons. The molecule has 0 saturated heterocycles. The Bertz CT molecular complexity index is 1230. The second-order valence-electron chi connectivity index (χ2n) is 6.44. The monoisotopic (exact) mass is 411 g/mol. The van der Waals surface area contributed by atoms with Gasteiger partial charge in [-0.3, -0.25) is 4.79 Å². The summed E-state index contributed by atoms with van der Waals surface area (Å²) < 4.78 is 67.1. The summed E-state index contributed by atoms with van der Waals surface area (Å²) in [5.41, 5.74) is -3.61. The van der Waals surface area contributed by atoms with E-state index in [9.17, 15) is 26.4 Å². The van der Waals surface area contributed by atoms with Gasteiger partial charge in [0, 0.05) is 18.8 Å².